The van der Waals surface area contributed by atoms with Gasteiger partial charge in [-0.2, -0.15) is 0 Å². The largest absolute Gasteiger partial charge is 0.462 e. The van der Waals surface area contributed by atoms with E-state index in [0.29, 0.717) is 19.3 Å². The van der Waals surface area contributed by atoms with Gasteiger partial charge in [-0.05, 0) is 116 Å². The molecular formula is C72H118O6. The summed E-state index contributed by atoms with van der Waals surface area (Å²) in [6.07, 6.45) is 91.9. The molecule has 0 rings (SSSR count). The Balaban J connectivity index is 4.17. The molecule has 0 aromatic heterocycles. The number of hydrogen-bond donors (Lipinski definition) is 0. The van der Waals surface area contributed by atoms with Crippen LogP contribution in [0.1, 0.15) is 284 Å². The lowest BCUT2D eigenvalue weighted by Crippen LogP contribution is -2.30. The molecule has 0 N–H and O–H groups in total. The topological polar surface area (TPSA) is 78.9 Å². The molecule has 442 valence electrons. The van der Waals surface area contributed by atoms with Crippen molar-refractivity contribution >= 4 is 17.9 Å². The van der Waals surface area contributed by atoms with Gasteiger partial charge in [0.15, 0.2) is 6.10 Å². The van der Waals surface area contributed by atoms with Crippen molar-refractivity contribution < 1.29 is 28.6 Å². The van der Waals surface area contributed by atoms with Gasteiger partial charge in [0.05, 0.1) is 0 Å². The molecule has 0 aliphatic heterocycles. The molecule has 6 heteroatoms. The lowest BCUT2D eigenvalue weighted by Gasteiger charge is -2.18. The molecule has 1 unspecified atom stereocenters. The van der Waals surface area contributed by atoms with Gasteiger partial charge in [-0.25, -0.2) is 0 Å². The summed E-state index contributed by atoms with van der Waals surface area (Å²) in [6.45, 7) is 6.37. The number of unbranched alkanes of at least 4 members (excludes halogenated alkanes) is 24. The van der Waals surface area contributed by atoms with Crippen molar-refractivity contribution in [2.24, 2.45) is 0 Å². The first kappa shape index (κ1) is 73.5. The van der Waals surface area contributed by atoms with E-state index in [2.05, 4.69) is 154 Å². The Hall–Kier alpha value is -4.45. The maximum atomic E-state index is 12.9. The third kappa shape index (κ3) is 62.4. The normalized spacial score (nSPS) is 13.0. The van der Waals surface area contributed by atoms with E-state index in [4.69, 9.17) is 14.2 Å². The van der Waals surface area contributed by atoms with Crippen molar-refractivity contribution in [1.29, 1.82) is 0 Å². The van der Waals surface area contributed by atoms with E-state index in [0.717, 1.165) is 141 Å². The summed E-state index contributed by atoms with van der Waals surface area (Å²) in [5.74, 6) is -0.905. The minimum atomic E-state index is -0.788. The van der Waals surface area contributed by atoms with Crippen LogP contribution >= 0.6 is 0 Å². The highest BCUT2D eigenvalue weighted by Crippen LogP contribution is 2.15. The Labute approximate surface area is 481 Å². The van der Waals surface area contributed by atoms with Gasteiger partial charge in [-0.3, -0.25) is 14.4 Å². The summed E-state index contributed by atoms with van der Waals surface area (Å²) < 4.78 is 16.8. The molecule has 0 aliphatic rings. The molecule has 0 aromatic carbocycles. The molecule has 78 heavy (non-hydrogen) atoms. The predicted octanol–water partition coefficient (Wildman–Crippen LogP) is 22.2. The van der Waals surface area contributed by atoms with Crippen LogP contribution in [0.5, 0.6) is 0 Å². The van der Waals surface area contributed by atoms with Crippen molar-refractivity contribution in [3.8, 4) is 0 Å². The molecular weight excluding hydrogens is 961 g/mol. The molecule has 0 aromatic rings. The average Bonchev–Trinajstić information content (AvgIpc) is 3.44. The first-order chi connectivity index (χ1) is 38.5. The van der Waals surface area contributed by atoms with Crippen LogP contribution in [0.15, 0.2) is 134 Å². The molecule has 0 amide bonds. The van der Waals surface area contributed by atoms with E-state index < -0.39 is 6.10 Å². The first-order valence-corrected chi connectivity index (χ1v) is 32.2. The first-order valence-electron chi connectivity index (χ1n) is 32.2. The monoisotopic (exact) mass is 1080 g/mol. The van der Waals surface area contributed by atoms with Gasteiger partial charge >= 0.3 is 17.9 Å². The molecule has 0 aliphatic carbocycles. The number of rotatable bonds is 57. The van der Waals surface area contributed by atoms with Gasteiger partial charge < -0.3 is 14.2 Å². The standard InChI is InChI=1S/C72H118O6/c1-4-7-10-13-16-19-21-23-25-27-29-30-31-32-33-34-35-36-37-38-39-40-41-42-44-45-47-49-51-53-56-59-62-65-71(74)77-68-69(67-76-70(73)64-61-58-55-18-15-12-9-6-3)78-72(75)66-63-60-57-54-52-50-48-46-43-28-26-24-22-20-17-14-11-8-5-2/h7-8,10-11,16-17,19-20,23-26,29-30,32-33,35-36,38-39,43,46,69H,4-6,9,12-15,18,21-22,27-28,31,34,37,40-42,44-45,47-68H2,1-3H3/b10-7-,11-8-,19-16-,20-17-,25-23-,26-24-,30-29-,33-32-,36-35-,39-38-,46-43-. The molecule has 1 atom stereocenters. The van der Waals surface area contributed by atoms with Crippen LogP contribution in [-0.4, -0.2) is 37.2 Å². The molecule has 0 saturated carbocycles. The summed E-state index contributed by atoms with van der Waals surface area (Å²) >= 11 is 0. The van der Waals surface area contributed by atoms with Crippen molar-refractivity contribution in [2.75, 3.05) is 13.2 Å². The predicted molar refractivity (Wildman–Crippen MR) is 339 cm³/mol. The number of esters is 3. The van der Waals surface area contributed by atoms with Gasteiger partial charge in [0.2, 0.25) is 0 Å². The molecule has 0 heterocycles. The van der Waals surface area contributed by atoms with E-state index in [1.165, 1.54) is 103 Å². The summed E-state index contributed by atoms with van der Waals surface area (Å²) in [6, 6.07) is 0. The number of carbonyl (C=O) groups excluding carboxylic acids is 3. The SMILES string of the molecule is CC/C=C\C/C=C\C/C=C\C/C=C\C/C=C\C/C=C\C/C=C\CCCCCCCCCCCCCC(=O)OCC(COC(=O)CCCCCCCCCC)OC(=O)CCCCCCCC/C=C\C/C=C\C/C=C\C/C=C\CC. The highest BCUT2D eigenvalue weighted by molar-refractivity contribution is 5.71. The fraction of sp³-hybridized carbons (Fsp3) is 0.653. The summed E-state index contributed by atoms with van der Waals surface area (Å²) in [7, 11) is 0. The zero-order valence-electron chi connectivity index (χ0n) is 50.6. The third-order valence-corrected chi connectivity index (χ3v) is 13.4. The van der Waals surface area contributed by atoms with Crippen LogP contribution in [0.25, 0.3) is 0 Å². The zero-order valence-corrected chi connectivity index (χ0v) is 50.6. The Morgan fingerprint density at radius 1 is 0.269 bits per heavy atom. The van der Waals surface area contributed by atoms with Gasteiger partial charge in [0, 0.05) is 19.3 Å². The highest BCUT2D eigenvalue weighted by Gasteiger charge is 2.19. The fourth-order valence-corrected chi connectivity index (χ4v) is 8.65. The third-order valence-electron chi connectivity index (χ3n) is 13.4. The van der Waals surface area contributed by atoms with Crippen molar-refractivity contribution in [3.05, 3.63) is 134 Å². The van der Waals surface area contributed by atoms with E-state index in [9.17, 15) is 14.4 Å². The second kappa shape index (κ2) is 65.1. The number of carbonyl (C=O) groups is 3. The molecule has 0 spiro atoms. The van der Waals surface area contributed by atoms with Crippen LogP contribution < -0.4 is 0 Å². The van der Waals surface area contributed by atoms with Crippen LogP contribution in [-0.2, 0) is 28.6 Å². The summed E-state index contributed by atoms with van der Waals surface area (Å²) in [5.41, 5.74) is 0. The van der Waals surface area contributed by atoms with Crippen LogP contribution in [0, 0.1) is 0 Å². The molecule has 6 nitrogen and oxygen atoms in total. The minimum Gasteiger partial charge on any atom is -0.462 e. The Morgan fingerprint density at radius 3 is 0.782 bits per heavy atom. The van der Waals surface area contributed by atoms with Crippen LogP contribution in [0.3, 0.4) is 0 Å². The minimum absolute atomic E-state index is 0.0855. The number of ether oxygens (including phenoxy) is 3. The zero-order chi connectivity index (χ0) is 56.4. The van der Waals surface area contributed by atoms with E-state index in [-0.39, 0.29) is 31.1 Å². The maximum Gasteiger partial charge on any atom is 0.306 e. The van der Waals surface area contributed by atoms with E-state index >= 15 is 0 Å². The lowest BCUT2D eigenvalue weighted by atomic mass is 10.0. The lowest BCUT2D eigenvalue weighted by molar-refractivity contribution is -0.167. The average molecular weight is 1080 g/mol. The van der Waals surface area contributed by atoms with Crippen LogP contribution in [0.2, 0.25) is 0 Å². The Morgan fingerprint density at radius 2 is 0.500 bits per heavy atom. The molecule has 0 fully saturated rings. The van der Waals surface area contributed by atoms with Gasteiger partial charge in [0.25, 0.3) is 0 Å². The van der Waals surface area contributed by atoms with Crippen LogP contribution in [0.4, 0.5) is 0 Å². The van der Waals surface area contributed by atoms with Crippen molar-refractivity contribution in [3.63, 3.8) is 0 Å². The van der Waals surface area contributed by atoms with Gasteiger partial charge in [0.1, 0.15) is 13.2 Å². The summed E-state index contributed by atoms with van der Waals surface area (Å²) in [4.78, 5) is 38.1. The Kier molecular flexibility index (Phi) is 61.4. The molecule has 0 bridgehead atoms. The summed E-state index contributed by atoms with van der Waals surface area (Å²) in [5, 5.41) is 0. The van der Waals surface area contributed by atoms with Crippen molar-refractivity contribution in [2.45, 2.75) is 290 Å². The fourth-order valence-electron chi connectivity index (χ4n) is 8.65. The van der Waals surface area contributed by atoms with Gasteiger partial charge in [-0.15, -0.1) is 0 Å². The smallest absolute Gasteiger partial charge is 0.306 e. The second-order valence-electron chi connectivity index (χ2n) is 20.9. The maximum absolute atomic E-state index is 12.9. The number of hydrogen-bond acceptors (Lipinski definition) is 6. The highest BCUT2D eigenvalue weighted by atomic mass is 16.6. The quantitative estimate of drug-likeness (QED) is 0.0261. The second-order valence-corrected chi connectivity index (χ2v) is 20.9. The molecule has 0 radical (unpaired) electrons. The molecule has 0 saturated heterocycles. The van der Waals surface area contributed by atoms with E-state index in [1.807, 2.05) is 0 Å². The Bertz CT molecular complexity index is 1670. The number of allylic oxidation sites excluding steroid dienone is 22. The van der Waals surface area contributed by atoms with E-state index in [1.54, 1.807) is 0 Å². The van der Waals surface area contributed by atoms with Crippen molar-refractivity contribution in [1.82, 2.24) is 0 Å². The van der Waals surface area contributed by atoms with Gasteiger partial charge in [-0.1, -0.05) is 283 Å².